The van der Waals surface area contributed by atoms with Gasteiger partial charge in [0.1, 0.15) is 0 Å². The standard InChI is InChI=1S/C19H38N4O2/c1-4-20-19(23-10-8-22(9-11-23)14-17(2)3)21-7-5-12-24-15-18-6-13-25-16-18/h17-18H,4-16H2,1-3H3,(H,20,21). The minimum atomic E-state index is 0.600. The van der Waals surface area contributed by atoms with Gasteiger partial charge in [0.05, 0.1) is 13.2 Å². The second kappa shape index (κ2) is 11.7. The monoisotopic (exact) mass is 354 g/mol. The number of hydrogen-bond acceptors (Lipinski definition) is 4. The highest BCUT2D eigenvalue weighted by Gasteiger charge is 2.20. The van der Waals surface area contributed by atoms with Gasteiger partial charge < -0.3 is 19.7 Å². The first-order chi connectivity index (χ1) is 12.2. The summed E-state index contributed by atoms with van der Waals surface area (Å²) >= 11 is 0. The largest absolute Gasteiger partial charge is 0.381 e. The maximum absolute atomic E-state index is 5.77. The second-order valence-corrected chi connectivity index (χ2v) is 7.58. The van der Waals surface area contributed by atoms with Crippen LogP contribution in [0.25, 0.3) is 0 Å². The molecular weight excluding hydrogens is 316 g/mol. The molecule has 0 spiro atoms. The number of nitrogens with zero attached hydrogens (tertiary/aromatic N) is 3. The molecule has 6 heteroatoms. The number of piperazine rings is 1. The Hall–Kier alpha value is -0.850. The quantitative estimate of drug-likeness (QED) is 0.388. The van der Waals surface area contributed by atoms with Gasteiger partial charge in [0.2, 0.25) is 0 Å². The van der Waals surface area contributed by atoms with E-state index in [0.29, 0.717) is 5.92 Å². The predicted octanol–water partition coefficient (Wildman–Crippen LogP) is 1.67. The van der Waals surface area contributed by atoms with Gasteiger partial charge in [-0.3, -0.25) is 9.89 Å². The molecule has 2 aliphatic rings. The number of aliphatic imine (C=N–C) groups is 1. The lowest BCUT2D eigenvalue weighted by Crippen LogP contribution is -2.53. The van der Waals surface area contributed by atoms with Crippen LogP contribution in [0.3, 0.4) is 0 Å². The highest BCUT2D eigenvalue weighted by molar-refractivity contribution is 5.80. The smallest absolute Gasteiger partial charge is 0.194 e. The van der Waals surface area contributed by atoms with Crippen LogP contribution in [-0.2, 0) is 9.47 Å². The van der Waals surface area contributed by atoms with E-state index in [1.54, 1.807) is 0 Å². The number of nitrogens with one attached hydrogen (secondary N) is 1. The second-order valence-electron chi connectivity index (χ2n) is 7.58. The Kier molecular flexibility index (Phi) is 9.58. The molecule has 2 aliphatic heterocycles. The van der Waals surface area contributed by atoms with Crippen molar-refractivity contribution in [2.75, 3.05) is 72.2 Å². The van der Waals surface area contributed by atoms with Gasteiger partial charge in [-0.25, -0.2) is 0 Å². The van der Waals surface area contributed by atoms with Gasteiger partial charge in [0.25, 0.3) is 0 Å². The molecule has 0 aromatic heterocycles. The zero-order chi connectivity index (χ0) is 17.9. The highest BCUT2D eigenvalue weighted by Crippen LogP contribution is 2.12. The summed E-state index contributed by atoms with van der Waals surface area (Å²) in [4.78, 5) is 9.76. The van der Waals surface area contributed by atoms with Crippen LogP contribution >= 0.6 is 0 Å². The normalized spacial score (nSPS) is 22.8. The van der Waals surface area contributed by atoms with E-state index < -0.39 is 0 Å². The molecule has 2 saturated heterocycles. The van der Waals surface area contributed by atoms with Gasteiger partial charge in [0, 0.05) is 64.9 Å². The average molecular weight is 355 g/mol. The van der Waals surface area contributed by atoms with Gasteiger partial charge >= 0.3 is 0 Å². The molecule has 0 aromatic rings. The Bertz CT molecular complexity index is 376. The van der Waals surface area contributed by atoms with Crippen molar-refractivity contribution in [2.24, 2.45) is 16.8 Å². The maximum Gasteiger partial charge on any atom is 0.194 e. The molecule has 0 saturated carbocycles. The third-order valence-corrected chi connectivity index (χ3v) is 4.72. The van der Waals surface area contributed by atoms with Crippen molar-refractivity contribution in [3.63, 3.8) is 0 Å². The summed E-state index contributed by atoms with van der Waals surface area (Å²) in [5.41, 5.74) is 0. The molecule has 0 bridgehead atoms. The third kappa shape index (κ3) is 7.92. The Morgan fingerprint density at radius 2 is 2.08 bits per heavy atom. The fraction of sp³-hybridized carbons (Fsp3) is 0.947. The molecule has 2 rings (SSSR count). The van der Waals surface area contributed by atoms with Gasteiger partial charge in [0.15, 0.2) is 5.96 Å². The SMILES string of the molecule is CCNC(=NCCCOCC1CCOC1)N1CCN(CC(C)C)CC1. The number of hydrogen-bond donors (Lipinski definition) is 1. The van der Waals surface area contributed by atoms with Gasteiger partial charge in [-0.15, -0.1) is 0 Å². The zero-order valence-corrected chi connectivity index (χ0v) is 16.5. The number of rotatable bonds is 9. The molecule has 1 atom stereocenters. The first kappa shape index (κ1) is 20.5. The molecule has 25 heavy (non-hydrogen) atoms. The predicted molar refractivity (Wildman–Crippen MR) is 103 cm³/mol. The van der Waals surface area contributed by atoms with E-state index in [1.807, 2.05) is 0 Å². The van der Waals surface area contributed by atoms with E-state index in [9.17, 15) is 0 Å². The number of ether oxygens (including phenoxy) is 2. The maximum atomic E-state index is 5.77. The fourth-order valence-electron chi connectivity index (χ4n) is 3.40. The molecule has 0 aliphatic carbocycles. The van der Waals surface area contributed by atoms with Crippen molar-refractivity contribution in [2.45, 2.75) is 33.6 Å². The van der Waals surface area contributed by atoms with Crippen LogP contribution in [0.2, 0.25) is 0 Å². The van der Waals surface area contributed by atoms with Crippen molar-refractivity contribution in [3.05, 3.63) is 0 Å². The third-order valence-electron chi connectivity index (χ3n) is 4.72. The molecule has 0 amide bonds. The average Bonchev–Trinajstić information content (AvgIpc) is 3.10. The van der Waals surface area contributed by atoms with Crippen molar-refractivity contribution < 1.29 is 9.47 Å². The molecule has 0 radical (unpaired) electrons. The summed E-state index contributed by atoms with van der Waals surface area (Å²) in [6.45, 7) is 17.5. The highest BCUT2D eigenvalue weighted by atomic mass is 16.5. The van der Waals surface area contributed by atoms with Crippen LogP contribution in [-0.4, -0.2) is 88.0 Å². The summed E-state index contributed by atoms with van der Waals surface area (Å²) in [5, 5.41) is 3.44. The molecule has 2 fully saturated rings. The number of guanidine groups is 1. The fourth-order valence-corrected chi connectivity index (χ4v) is 3.40. The van der Waals surface area contributed by atoms with Gasteiger partial charge in [-0.1, -0.05) is 13.8 Å². The lowest BCUT2D eigenvalue weighted by atomic mass is 10.1. The molecular formula is C19H38N4O2. The van der Waals surface area contributed by atoms with E-state index in [4.69, 9.17) is 14.5 Å². The van der Waals surface area contributed by atoms with Crippen molar-refractivity contribution in [1.29, 1.82) is 0 Å². The van der Waals surface area contributed by atoms with E-state index in [1.165, 1.54) is 6.54 Å². The summed E-state index contributed by atoms with van der Waals surface area (Å²) in [6, 6.07) is 0. The van der Waals surface area contributed by atoms with Crippen molar-refractivity contribution in [3.8, 4) is 0 Å². The summed E-state index contributed by atoms with van der Waals surface area (Å²) in [7, 11) is 0. The minimum Gasteiger partial charge on any atom is -0.381 e. The Balaban J connectivity index is 1.64. The van der Waals surface area contributed by atoms with Crippen LogP contribution in [0.1, 0.15) is 33.6 Å². The van der Waals surface area contributed by atoms with Crippen LogP contribution < -0.4 is 5.32 Å². The molecule has 0 aromatic carbocycles. The lowest BCUT2D eigenvalue weighted by molar-refractivity contribution is 0.0892. The zero-order valence-electron chi connectivity index (χ0n) is 16.5. The molecule has 1 N–H and O–H groups in total. The Labute approximate surface area is 153 Å². The summed E-state index contributed by atoms with van der Waals surface area (Å²) in [5.74, 6) is 2.41. The minimum absolute atomic E-state index is 0.600. The van der Waals surface area contributed by atoms with Crippen LogP contribution in [0.5, 0.6) is 0 Å². The molecule has 1 unspecified atom stereocenters. The van der Waals surface area contributed by atoms with Crippen LogP contribution in [0.15, 0.2) is 4.99 Å². The van der Waals surface area contributed by atoms with Gasteiger partial charge in [-0.05, 0) is 25.7 Å². The molecule has 146 valence electrons. The Morgan fingerprint density at radius 3 is 2.72 bits per heavy atom. The molecule has 2 heterocycles. The van der Waals surface area contributed by atoms with Gasteiger partial charge in [-0.2, -0.15) is 0 Å². The Morgan fingerprint density at radius 1 is 1.28 bits per heavy atom. The van der Waals surface area contributed by atoms with E-state index in [-0.39, 0.29) is 0 Å². The van der Waals surface area contributed by atoms with Crippen LogP contribution in [0.4, 0.5) is 0 Å². The van der Waals surface area contributed by atoms with E-state index in [0.717, 1.165) is 90.4 Å². The van der Waals surface area contributed by atoms with Crippen LogP contribution in [0, 0.1) is 11.8 Å². The van der Waals surface area contributed by atoms with Crippen molar-refractivity contribution >= 4 is 5.96 Å². The van der Waals surface area contributed by atoms with E-state index in [2.05, 4.69) is 35.9 Å². The lowest BCUT2D eigenvalue weighted by Gasteiger charge is -2.37. The van der Waals surface area contributed by atoms with E-state index >= 15 is 0 Å². The summed E-state index contributed by atoms with van der Waals surface area (Å²) in [6.07, 6.45) is 2.13. The first-order valence-corrected chi connectivity index (χ1v) is 10.1. The first-order valence-electron chi connectivity index (χ1n) is 10.1. The molecule has 6 nitrogen and oxygen atoms in total. The topological polar surface area (TPSA) is 49.3 Å². The summed E-state index contributed by atoms with van der Waals surface area (Å²) < 4.78 is 11.1. The van der Waals surface area contributed by atoms with Crippen molar-refractivity contribution in [1.82, 2.24) is 15.1 Å².